The van der Waals surface area contributed by atoms with Gasteiger partial charge in [0.1, 0.15) is 6.61 Å². The summed E-state index contributed by atoms with van der Waals surface area (Å²) in [6.45, 7) is 6.63. The standard InChI is InChI=1S/C20H29NO3/c1-15(2)8-7-9-16(3)12-19(22)21-18(14-24-20(21)23)13-17-10-5-4-6-11-17/h5,9-11,15,18H,4,6-8,12-14H2,1-3H3. The Kier molecular flexibility index (Phi) is 6.83. The molecule has 0 aromatic heterocycles. The maximum atomic E-state index is 12.6. The van der Waals surface area contributed by atoms with Crippen molar-refractivity contribution in [3.05, 3.63) is 35.5 Å². The molecule has 0 N–H and O–H groups in total. The number of hydrogen-bond acceptors (Lipinski definition) is 3. The number of nitrogens with zero attached hydrogens (tertiary/aromatic N) is 1. The third-order valence-corrected chi connectivity index (χ3v) is 4.44. The second-order valence-electron chi connectivity index (χ2n) is 7.16. The molecular formula is C20H29NO3. The smallest absolute Gasteiger partial charge is 0.416 e. The monoisotopic (exact) mass is 331 g/mol. The lowest BCUT2D eigenvalue weighted by molar-refractivity contribution is -0.128. The van der Waals surface area contributed by atoms with E-state index in [4.69, 9.17) is 4.74 Å². The summed E-state index contributed by atoms with van der Waals surface area (Å²) in [5.41, 5.74) is 2.21. The molecule has 1 aliphatic heterocycles. The van der Waals surface area contributed by atoms with Gasteiger partial charge in [0.2, 0.25) is 5.91 Å². The predicted octanol–water partition coefficient (Wildman–Crippen LogP) is 4.77. The molecule has 132 valence electrons. The fraction of sp³-hybridized carbons (Fsp3) is 0.600. The average Bonchev–Trinajstić information content (AvgIpc) is 2.88. The number of imide groups is 1. The summed E-state index contributed by atoms with van der Waals surface area (Å²) in [5, 5.41) is 0. The van der Waals surface area contributed by atoms with Crippen LogP contribution in [0, 0.1) is 5.92 Å². The maximum absolute atomic E-state index is 12.6. The molecule has 1 unspecified atom stereocenters. The van der Waals surface area contributed by atoms with Crippen molar-refractivity contribution in [2.75, 3.05) is 6.61 Å². The van der Waals surface area contributed by atoms with Crippen LogP contribution in [-0.2, 0) is 9.53 Å². The van der Waals surface area contributed by atoms with E-state index in [0.717, 1.165) is 31.3 Å². The second kappa shape index (κ2) is 8.86. The van der Waals surface area contributed by atoms with Crippen LogP contribution in [0.15, 0.2) is 35.5 Å². The van der Waals surface area contributed by atoms with E-state index in [9.17, 15) is 9.59 Å². The Morgan fingerprint density at radius 2 is 2.21 bits per heavy atom. The van der Waals surface area contributed by atoms with Gasteiger partial charge in [-0.1, -0.05) is 49.3 Å². The van der Waals surface area contributed by atoms with E-state index in [2.05, 4.69) is 38.2 Å². The van der Waals surface area contributed by atoms with E-state index in [1.807, 2.05) is 6.92 Å². The van der Waals surface area contributed by atoms with E-state index in [1.54, 1.807) is 0 Å². The molecule has 1 atom stereocenters. The average molecular weight is 331 g/mol. The summed E-state index contributed by atoms with van der Waals surface area (Å²) in [6.07, 6.45) is 13.2. The minimum Gasteiger partial charge on any atom is -0.447 e. The fourth-order valence-electron chi connectivity index (χ4n) is 3.07. The number of carbonyl (C=O) groups excluding carboxylic acids is 2. The largest absolute Gasteiger partial charge is 0.447 e. The van der Waals surface area contributed by atoms with E-state index >= 15 is 0 Å². The Hall–Kier alpha value is -1.84. The molecule has 1 fully saturated rings. The summed E-state index contributed by atoms with van der Waals surface area (Å²) in [7, 11) is 0. The van der Waals surface area contributed by atoms with Gasteiger partial charge in [-0.15, -0.1) is 0 Å². The quantitative estimate of drug-likeness (QED) is 0.631. The van der Waals surface area contributed by atoms with Gasteiger partial charge in [0, 0.05) is 6.42 Å². The van der Waals surface area contributed by atoms with Crippen LogP contribution in [0.4, 0.5) is 4.79 Å². The lowest BCUT2D eigenvalue weighted by Crippen LogP contribution is -2.39. The number of rotatable bonds is 7. The van der Waals surface area contributed by atoms with Crippen LogP contribution in [0.3, 0.4) is 0 Å². The van der Waals surface area contributed by atoms with Gasteiger partial charge in [0.25, 0.3) is 0 Å². The van der Waals surface area contributed by atoms with Crippen molar-refractivity contribution < 1.29 is 14.3 Å². The van der Waals surface area contributed by atoms with Crippen LogP contribution in [0.25, 0.3) is 0 Å². The third kappa shape index (κ3) is 5.36. The van der Waals surface area contributed by atoms with Gasteiger partial charge in [0.15, 0.2) is 0 Å². The van der Waals surface area contributed by atoms with Crippen LogP contribution >= 0.6 is 0 Å². The highest BCUT2D eigenvalue weighted by Crippen LogP contribution is 2.24. The minimum atomic E-state index is -0.500. The SMILES string of the molecule is CC(=CCCC(C)C)CC(=O)N1C(=O)OCC1CC1=CCCC=C1. The van der Waals surface area contributed by atoms with Crippen molar-refractivity contribution in [2.45, 2.75) is 65.3 Å². The predicted molar refractivity (Wildman–Crippen MR) is 95.5 cm³/mol. The fourth-order valence-corrected chi connectivity index (χ4v) is 3.07. The molecule has 1 aliphatic carbocycles. The summed E-state index contributed by atoms with van der Waals surface area (Å²) in [4.78, 5) is 25.9. The summed E-state index contributed by atoms with van der Waals surface area (Å²) in [6, 6.07) is -0.178. The van der Waals surface area contributed by atoms with Crippen molar-refractivity contribution in [2.24, 2.45) is 5.92 Å². The molecule has 0 radical (unpaired) electrons. The van der Waals surface area contributed by atoms with Gasteiger partial charge >= 0.3 is 6.09 Å². The van der Waals surface area contributed by atoms with Crippen molar-refractivity contribution in [1.29, 1.82) is 0 Å². The molecule has 4 heteroatoms. The normalized spacial score (nSPS) is 21.2. The lowest BCUT2D eigenvalue weighted by atomic mass is 9.99. The number of ether oxygens (including phenoxy) is 1. The van der Waals surface area contributed by atoms with Gasteiger partial charge in [-0.05, 0) is 44.9 Å². The molecule has 4 nitrogen and oxygen atoms in total. The summed E-state index contributed by atoms with van der Waals surface area (Å²) < 4.78 is 5.13. The molecule has 0 aromatic rings. The molecular weight excluding hydrogens is 302 g/mol. The van der Waals surface area contributed by atoms with E-state index < -0.39 is 6.09 Å². The zero-order valence-electron chi connectivity index (χ0n) is 15.1. The first-order valence-corrected chi connectivity index (χ1v) is 8.97. The van der Waals surface area contributed by atoms with Crippen LogP contribution in [0.1, 0.15) is 59.3 Å². The molecule has 2 amide bonds. The highest BCUT2D eigenvalue weighted by molar-refractivity contribution is 5.94. The van der Waals surface area contributed by atoms with E-state index in [0.29, 0.717) is 25.4 Å². The molecule has 2 aliphatic rings. The number of allylic oxidation sites excluding steroid dienone is 4. The highest BCUT2D eigenvalue weighted by atomic mass is 16.6. The van der Waals surface area contributed by atoms with Gasteiger partial charge in [-0.3, -0.25) is 4.79 Å². The van der Waals surface area contributed by atoms with Crippen molar-refractivity contribution >= 4 is 12.0 Å². The first-order chi connectivity index (χ1) is 11.5. The summed E-state index contributed by atoms with van der Waals surface area (Å²) >= 11 is 0. The summed E-state index contributed by atoms with van der Waals surface area (Å²) in [5.74, 6) is 0.501. The van der Waals surface area contributed by atoms with Crippen molar-refractivity contribution in [1.82, 2.24) is 4.90 Å². The van der Waals surface area contributed by atoms with Crippen LogP contribution in [0.5, 0.6) is 0 Å². The number of amides is 2. The number of hydrogen-bond donors (Lipinski definition) is 0. The molecule has 1 heterocycles. The molecule has 2 rings (SSSR count). The first-order valence-electron chi connectivity index (χ1n) is 8.97. The van der Waals surface area contributed by atoms with Gasteiger partial charge in [0.05, 0.1) is 6.04 Å². The molecule has 0 spiro atoms. The Labute approximate surface area is 145 Å². The lowest BCUT2D eigenvalue weighted by Gasteiger charge is -2.21. The Morgan fingerprint density at radius 3 is 2.88 bits per heavy atom. The highest BCUT2D eigenvalue weighted by Gasteiger charge is 2.37. The first kappa shape index (κ1) is 18.5. The maximum Gasteiger partial charge on any atom is 0.416 e. The molecule has 0 saturated carbocycles. The molecule has 24 heavy (non-hydrogen) atoms. The molecule has 1 saturated heterocycles. The zero-order chi connectivity index (χ0) is 17.5. The minimum absolute atomic E-state index is 0.152. The van der Waals surface area contributed by atoms with Crippen molar-refractivity contribution in [3.63, 3.8) is 0 Å². The van der Waals surface area contributed by atoms with Crippen LogP contribution < -0.4 is 0 Å². The van der Waals surface area contributed by atoms with Crippen molar-refractivity contribution in [3.8, 4) is 0 Å². The molecule has 0 bridgehead atoms. The van der Waals surface area contributed by atoms with Crippen LogP contribution in [-0.4, -0.2) is 29.5 Å². The van der Waals surface area contributed by atoms with Crippen LogP contribution in [0.2, 0.25) is 0 Å². The molecule has 0 aromatic carbocycles. The van der Waals surface area contributed by atoms with E-state index in [-0.39, 0.29) is 11.9 Å². The third-order valence-electron chi connectivity index (χ3n) is 4.44. The second-order valence-corrected chi connectivity index (χ2v) is 7.16. The Morgan fingerprint density at radius 1 is 1.42 bits per heavy atom. The van der Waals surface area contributed by atoms with Gasteiger partial charge in [-0.25, -0.2) is 9.69 Å². The zero-order valence-corrected chi connectivity index (χ0v) is 15.1. The van der Waals surface area contributed by atoms with Gasteiger partial charge < -0.3 is 4.74 Å². The van der Waals surface area contributed by atoms with E-state index in [1.165, 1.54) is 10.5 Å². The topological polar surface area (TPSA) is 46.6 Å². The van der Waals surface area contributed by atoms with Gasteiger partial charge in [-0.2, -0.15) is 0 Å². The Bertz CT molecular complexity index is 557. The number of carbonyl (C=O) groups is 2. The number of cyclic esters (lactones) is 1. The Balaban J connectivity index is 1.93.